The third-order valence-corrected chi connectivity index (χ3v) is 8.65. The average Bonchev–Trinajstić information content (AvgIpc) is 2.30. The molecule has 0 spiro atoms. The van der Waals surface area contributed by atoms with E-state index in [9.17, 15) is 0 Å². The van der Waals surface area contributed by atoms with E-state index in [1.165, 1.54) is 11.1 Å². The van der Waals surface area contributed by atoms with E-state index in [1.54, 1.807) is 0 Å². The van der Waals surface area contributed by atoms with Gasteiger partial charge in [-0.15, -0.1) is 0 Å². The van der Waals surface area contributed by atoms with Gasteiger partial charge in [-0.25, -0.2) is 0 Å². The first kappa shape index (κ1) is 16.4. The van der Waals surface area contributed by atoms with E-state index >= 15 is 0 Å². The van der Waals surface area contributed by atoms with Crippen LogP contribution in [0.5, 0.6) is 0 Å². The molecule has 1 rings (SSSR count). The maximum absolute atomic E-state index is 6.19. The first-order valence-electron chi connectivity index (χ1n) is 7.18. The van der Waals surface area contributed by atoms with Gasteiger partial charge in [0.1, 0.15) is 0 Å². The molecule has 0 radical (unpaired) electrons. The van der Waals surface area contributed by atoms with Gasteiger partial charge in [-0.1, -0.05) is 45.0 Å². The van der Waals surface area contributed by atoms with E-state index < -0.39 is 8.32 Å². The molecule has 0 heterocycles. The van der Waals surface area contributed by atoms with Crippen LogP contribution in [0.2, 0.25) is 18.1 Å². The number of benzene rings is 1. The minimum absolute atomic E-state index is 0.290. The fourth-order valence-corrected chi connectivity index (χ4v) is 2.73. The van der Waals surface area contributed by atoms with Crippen LogP contribution < -0.4 is 5.73 Å². The average molecular weight is 279 g/mol. The van der Waals surface area contributed by atoms with Gasteiger partial charge in [-0.2, -0.15) is 0 Å². The Morgan fingerprint density at radius 2 is 1.47 bits per heavy atom. The van der Waals surface area contributed by atoms with Crippen molar-refractivity contribution in [3.05, 3.63) is 35.4 Å². The van der Waals surface area contributed by atoms with Crippen LogP contribution in [0.25, 0.3) is 0 Å². The van der Waals surface area contributed by atoms with Crippen LogP contribution in [0.3, 0.4) is 0 Å². The number of hydrogen-bond donors (Lipinski definition) is 1. The largest absolute Gasteiger partial charge is 0.416 e. The highest BCUT2D eigenvalue weighted by molar-refractivity contribution is 6.74. The van der Waals surface area contributed by atoms with Crippen LogP contribution in [-0.4, -0.2) is 21.5 Å². The minimum atomic E-state index is -1.60. The highest BCUT2D eigenvalue weighted by Crippen LogP contribution is 2.36. The second-order valence-electron chi connectivity index (χ2n) is 6.71. The predicted molar refractivity (Wildman–Crippen MR) is 86.1 cm³/mol. The van der Waals surface area contributed by atoms with Gasteiger partial charge < -0.3 is 10.2 Å². The summed E-state index contributed by atoms with van der Waals surface area (Å²) in [6.07, 6.45) is 1.95. The minimum Gasteiger partial charge on any atom is -0.416 e. The van der Waals surface area contributed by atoms with Gasteiger partial charge in [0.25, 0.3) is 0 Å². The van der Waals surface area contributed by atoms with E-state index in [-0.39, 0.29) is 5.04 Å². The van der Waals surface area contributed by atoms with Crippen LogP contribution in [0.15, 0.2) is 24.3 Å². The Balaban J connectivity index is 2.45. The topological polar surface area (TPSA) is 35.2 Å². The smallest absolute Gasteiger partial charge is 0.191 e. The lowest BCUT2D eigenvalue weighted by atomic mass is 10.1. The van der Waals surface area contributed by atoms with Gasteiger partial charge in [-0.05, 0) is 48.6 Å². The fraction of sp³-hybridized carbons (Fsp3) is 0.625. The standard InChI is InChI=1S/C16H29NOSi/c1-16(2,3)19(4,5)18-13-11-15-8-6-14(7-9-15)10-12-17/h6-9H,10-13,17H2,1-5H3. The van der Waals surface area contributed by atoms with E-state index in [0.717, 1.165) is 19.4 Å². The third-order valence-electron chi connectivity index (χ3n) is 4.12. The zero-order valence-corrected chi connectivity index (χ0v) is 14.1. The maximum Gasteiger partial charge on any atom is 0.191 e. The van der Waals surface area contributed by atoms with E-state index in [1.807, 2.05) is 0 Å². The molecule has 0 saturated carbocycles. The summed E-state index contributed by atoms with van der Waals surface area (Å²) < 4.78 is 6.19. The van der Waals surface area contributed by atoms with Gasteiger partial charge in [0, 0.05) is 6.61 Å². The number of nitrogens with two attached hydrogens (primary N) is 1. The molecule has 2 nitrogen and oxygen atoms in total. The Morgan fingerprint density at radius 3 is 1.89 bits per heavy atom. The first-order chi connectivity index (χ1) is 8.76. The molecule has 0 amide bonds. The maximum atomic E-state index is 6.19. The van der Waals surface area contributed by atoms with Crippen molar-refractivity contribution in [2.45, 2.75) is 51.7 Å². The quantitative estimate of drug-likeness (QED) is 0.805. The summed E-state index contributed by atoms with van der Waals surface area (Å²) in [4.78, 5) is 0. The van der Waals surface area contributed by atoms with Crippen LogP contribution >= 0.6 is 0 Å². The molecule has 0 aliphatic rings. The lowest BCUT2D eigenvalue weighted by Crippen LogP contribution is -2.41. The van der Waals surface area contributed by atoms with Crippen molar-refractivity contribution in [1.29, 1.82) is 0 Å². The van der Waals surface area contributed by atoms with E-state index in [4.69, 9.17) is 10.2 Å². The molecule has 0 unspecified atom stereocenters. The van der Waals surface area contributed by atoms with Crippen molar-refractivity contribution < 1.29 is 4.43 Å². The first-order valence-corrected chi connectivity index (χ1v) is 10.1. The zero-order chi connectivity index (χ0) is 14.5. The predicted octanol–water partition coefficient (Wildman–Crippen LogP) is 3.75. The summed E-state index contributed by atoms with van der Waals surface area (Å²) in [7, 11) is -1.60. The molecule has 0 aliphatic heterocycles. The molecule has 0 saturated heterocycles. The van der Waals surface area contributed by atoms with Crippen molar-refractivity contribution in [2.24, 2.45) is 5.73 Å². The lowest BCUT2D eigenvalue weighted by molar-refractivity contribution is 0.292. The second-order valence-corrected chi connectivity index (χ2v) is 11.5. The molecule has 0 atom stereocenters. The summed E-state index contributed by atoms with van der Waals surface area (Å²) in [5, 5.41) is 0.290. The molecular formula is C16H29NOSi. The highest BCUT2D eigenvalue weighted by atomic mass is 28.4. The second kappa shape index (κ2) is 6.68. The van der Waals surface area contributed by atoms with Crippen molar-refractivity contribution in [1.82, 2.24) is 0 Å². The van der Waals surface area contributed by atoms with Crippen molar-refractivity contribution in [3.8, 4) is 0 Å². The molecule has 0 aliphatic carbocycles. The van der Waals surface area contributed by atoms with Gasteiger partial charge in [0.15, 0.2) is 8.32 Å². The summed E-state index contributed by atoms with van der Waals surface area (Å²) >= 11 is 0. The van der Waals surface area contributed by atoms with E-state index in [2.05, 4.69) is 58.1 Å². The fourth-order valence-electron chi connectivity index (χ4n) is 1.68. The van der Waals surface area contributed by atoms with Gasteiger partial charge >= 0.3 is 0 Å². The molecule has 0 fully saturated rings. The number of rotatable bonds is 6. The van der Waals surface area contributed by atoms with E-state index in [0.29, 0.717) is 6.54 Å². The monoisotopic (exact) mass is 279 g/mol. The van der Waals surface area contributed by atoms with Gasteiger partial charge in [0.05, 0.1) is 0 Å². The molecule has 2 N–H and O–H groups in total. The Hall–Kier alpha value is -0.643. The Morgan fingerprint density at radius 1 is 1.00 bits per heavy atom. The summed E-state index contributed by atoms with van der Waals surface area (Å²) in [5.41, 5.74) is 8.21. The van der Waals surface area contributed by atoms with Crippen molar-refractivity contribution >= 4 is 8.32 Å². The molecule has 3 heteroatoms. The van der Waals surface area contributed by atoms with Crippen LogP contribution in [0.1, 0.15) is 31.9 Å². The SMILES string of the molecule is CC(C)(C)[Si](C)(C)OCCc1ccc(CCN)cc1. The molecule has 0 aromatic heterocycles. The highest BCUT2D eigenvalue weighted by Gasteiger charge is 2.36. The van der Waals surface area contributed by atoms with Crippen LogP contribution in [-0.2, 0) is 17.3 Å². The normalized spacial score (nSPS) is 12.7. The zero-order valence-electron chi connectivity index (χ0n) is 13.1. The molecule has 1 aromatic rings. The Labute approximate surface area is 119 Å². The molecule has 108 valence electrons. The summed E-state index contributed by atoms with van der Waals surface area (Å²) in [6.45, 7) is 13.0. The Bertz CT molecular complexity index is 379. The van der Waals surface area contributed by atoms with Crippen LogP contribution in [0, 0.1) is 0 Å². The summed E-state index contributed by atoms with van der Waals surface area (Å²) in [6, 6.07) is 8.74. The van der Waals surface area contributed by atoms with Crippen LogP contribution in [0.4, 0.5) is 0 Å². The molecule has 1 aromatic carbocycles. The third kappa shape index (κ3) is 5.09. The van der Waals surface area contributed by atoms with Gasteiger partial charge in [-0.3, -0.25) is 0 Å². The Kier molecular flexibility index (Phi) is 5.77. The van der Waals surface area contributed by atoms with Gasteiger partial charge in [0.2, 0.25) is 0 Å². The lowest BCUT2D eigenvalue weighted by Gasteiger charge is -2.36. The van der Waals surface area contributed by atoms with Crippen molar-refractivity contribution in [2.75, 3.05) is 13.2 Å². The molecular weight excluding hydrogens is 250 g/mol. The summed E-state index contributed by atoms with van der Waals surface area (Å²) in [5.74, 6) is 0. The molecule has 0 bridgehead atoms. The molecule has 19 heavy (non-hydrogen) atoms. The van der Waals surface area contributed by atoms with Crippen molar-refractivity contribution in [3.63, 3.8) is 0 Å². The number of hydrogen-bond acceptors (Lipinski definition) is 2.